The molecule has 0 aliphatic carbocycles. The fourth-order valence-electron chi connectivity index (χ4n) is 6.12. The van der Waals surface area contributed by atoms with Crippen LogP contribution in [0.4, 0.5) is 0 Å². The van der Waals surface area contributed by atoms with E-state index in [4.69, 9.17) is 0 Å². The lowest BCUT2D eigenvalue weighted by atomic mass is 9.98. The van der Waals surface area contributed by atoms with Gasteiger partial charge in [0.05, 0.1) is 0 Å². The fourth-order valence-corrected chi connectivity index (χ4v) is 6.88. The summed E-state index contributed by atoms with van der Waals surface area (Å²) in [4.78, 5) is 0.0592. The van der Waals surface area contributed by atoms with E-state index in [0.717, 1.165) is 30.2 Å². The molecule has 0 aliphatic heterocycles. The van der Waals surface area contributed by atoms with Crippen LogP contribution in [-0.4, -0.2) is 13.0 Å². The summed E-state index contributed by atoms with van der Waals surface area (Å²) in [5.74, 6) is 0. The third kappa shape index (κ3) is 16.1. The number of hydrogen-bond donors (Lipinski definition) is 1. The van der Waals surface area contributed by atoms with Gasteiger partial charge in [0.1, 0.15) is 4.90 Å². The number of aryl methyl sites for hydroxylation is 2. The zero-order valence-corrected chi connectivity index (χ0v) is 27.6. The minimum Gasteiger partial charge on any atom is -0.282 e. The van der Waals surface area contributed by atoms with Crippen molar-refractivity contribution in [3.63, 3.8) is 0 Å². The minimum atomic E-state index is -4.26. The molecule has 0 fully saturated rings. The third-order valence-electron chi connectivity index (χ3n) is 8.70. The molecule has 0 heterocycles. The molecule has 0 radical (unpaired) electrons. The summed E-state index contributed by atoms with van der Waals surface area (Å²) in [5, 5.41) is 1.57. The maximum absolute atomic E-state index is 12.2. The highest BCUT2D eigenvalue weighted by Gasteiger charge is 2.16. The summed E-state index contributed by atoms with van der Waals surface area (Å²) in [5.41, 5.74) is 2.27. The largest absolute Gasteiger partial charge is 0.295 e. The van der Waals surface area contributed by atoms with Crippen LogP contribution < -0.4 is 0 Å². The Morgan fingerprint density at radius 1 is 0.488 bits per heavy atom. The van der Waals surface area contributed by atoms with Crippen LogP contribution in [-0.2, 0) is 23.0 Å². The highest BCUT2D eigenvalue weighted by molar-refractivity contribution is 7.86. The lowest BCUT2D eigenvalue weighted by molar-refractivity contribution is 0.484. The number of fused-ring (bicyclic) bond motifs is 1. The Hall–Kier alpha value is -1.39. The van der Waals surface area contributed by atoms with E-state index in [9.17, 15) is 13.0 Å². The van der Waals surface area contributed by atoms with Gasteiger partial charge in [0.2, 0.25) is 0 Å². The molecule has 234 valence electrons. The van der Waals surface area contributed by atoms with E-state index in [1.165, 1.54) is 147 Å². The Morgan fingerprint density at radius 3 is 1.27 bits per heavy atom. The molecule has 4 heteroatoms. The molecule has 0 bridgehead atoms. The molecular formula is C37H62O3S. The summed E-state index contributed by atoms with van der Waals surface area (Å²) < 4.78 is 34.3. The molecule has 0 atom stereocenters. The number of rotatable bonds is 26. The molecule has 3 nitrogen and oxygen atoms in total. The van der Waals surface area contributed by atoms with Gasteiger partial charge in [0.25, 0.3) is 10.1 Å². The Kier molecular flexibility index (Phi) is 19.4. The minimum absolute atomic E-state index is 0.0592. The first-order chi connectivity index (χ1) is 20.0. The van der Waals surface area contributed by atoms with E-state index >= 15 is 0 Å². The molecule has 2 rings (SSSR count). The average Bonchev–Trinajstić information content (AvgIpc) is 2.95. The van der Waals surface area contributed by atoms with E-state index in [1.807, 2.05) is 12.1 Å². The van der Waals surface area contributed by atoms with Gasteiger partial charge in [-0.3, -0.25) is 4.55 Å². The first kappa shape index (κ1) is 35.8. The van der Waals surface area contributed by atoms with Crippen LogP contribution in [0.2, 0.25) is 0 Å². The lowest BCUT2D eigenvalue weighted by Crippen LogP contribution is -2.01. The maximum Gasteiger partial charge on any atom is 0.295 e. The second-order valence-electron chi connectivity index (χ2n) is 12.5. The van der Waals surface area contributed by atoms with E-state index in [0.29, 0.717) is 5.39 Å². The Balaban J connectivity index is 1.68. The van der Waals surface area contributed by atoms with Gasteiger partial charge in [-0.2, -0.15) is 8.42 Å². The zero-order chi connectivity index (χ0) is 29.6. The molecule has 0 spiro atoms. The molecule has 0 saturated carbocycles. The van der Waals surface area contributed by atoms with Crippen LogP contribution in [0.25, 0.3) is 10.8 Å². The van der Waals surface area contributed by atoms with Crippen LogP contribution in [0, 0.1) is 0 Å². The second-order valence-corrected chi connectivity index (χ2v) is 13.9. The van der Waals surface area contributed by atoms with Gasteiger partial charge in [-0.25, -0.2) is 0 Å². The molecule has 1 N–H and O–H groups in total. The van der Waals surface area contributed by atoms with E-state index in [1.54, 1.807) is 6.07 Å². The molecular weight excluding hydrogens is 524 g/mol. The number of hydrogen-bond acceptors (Lipinski definition) is 2. The number of benzene rings is 2. The quantitative estimate of drug-likeness (QED) is 0.0881. The van der Waals surface area contributed by atoms with E-state index in [-0.39, 0.29) is 4.90 Å². The topological polar surface area (TPSA) is 54.4 Å². The van der Waals surface area contributed by atoms with Crippen molar-refractivity contribution in [2.75, 3.05) is 0 Å². The first-order valence-corrected chi connectivity index (χ1v) is 18.9. The average molecular weight is 587 g/mol. The third-order valence-corrected chi connectivity index (χ3v) is 9.60. The highest BCUT2D eigenvalue weighted by Crippen LogP contribution is 2.28. The molecule has 0 aromatic heterocycles. The van der Waals surface area contributed by atoms with Crippen LogP contribution in [0.3, 0.4) is 0 Å². The monoisotopic (exact) mass is 586 g/mol. The zero-order valence-electron chi connectivity index (χ0n) is 26.7. The van der Waals surface area contributed by atoms with Gasteiger partial charge in [-0.05, 0) is 48.3 Å². The molecule has 0 unspecified atom stereocenters. The highest BCUT2D eigenvalue weighted by atomic mass is 32.2. The standard InChI is InChI=1S/C37H62O3S/c1-3-5-7-9-11-12-13-14-15-16-17-18-19-21-23-25-27-34-31-35-30-33(26-24-22-20-10-8-6-4-2)28-29-36(35)37(32-34)41(38,39)40/h28-32H,3-27H2,1-2H3,(H,38,39,40). The summed E-state index contributed by atoms with van der Waals surface area (Å²) in [6.45, 7) is 4.53. The lowest BCUT2D eigenvalue weighted by Gasteiger charge is -2.11. The van der Waals surface area contributed by atoms with Crippen LogP contribution >= 0.6 is 0 Å². The summed E-state index contributed by atoms with van der Waals surface area (Å²) in [6.07, 6.45) is 32.4. The fraction of sp³-hybridized carbons (Fsp3) is 0.730. The van der Waals surface area contributed by atoms with Crippen molar-refractivity contribution in [2.24, 2.45) is 0 Å². The van der Waals surface area contributed by atoms with Gasteiger partial charge in [0.15, 0.2) is 0 Å². The molecule has 0 saturated heterocycles. The van der Waals surface area contributed by atoms with Crippen molar-refractivity contribution >= 4 is 20.9 Å². The van der Waals surface area contributed by atoms with Crippen LogP contribution in [0.1, 0.15) is 173 Å². The Morgan fingerprint density at radius 2 is 0.854 bits per heavy atom. The van der Waals surface area contributed by atoms with Gasteiger partial charge < -0.3 is 0 Å². The Labute approximate surface area is 254 Å². The van der Waals surface area contributed by atoms with Gasteiger partial charge in [0, 0.05) is 5.39 Å². The van der Waals surface area contributed by atoms with E-state index in [2.05, 4.69) is 26.0 Å². The molecule has 2 aromatic rings. The van der Waals surface area contributed by atoms with E-state index < -0.39 is 10.1 Å². The smallest absolute Gasteiger partial charge is 0.282 e. The van der Waals surface area contributed by atoms with Crippen LogP contribution in [0.5, 0.6) is 0 Å². The molecule has 0 aliphatic rings. The molecule has 41 heavy (non-hydrogen) atoms. The number of unbranched alkanes of at least 4 members (excludes halogenated alkanes) is 21. The summed E-state index contributed by atoms with van der Waals surface area (Å²) in [6, 6.07) is 9.89. The first-order valence-electron chi connectivity index (χ1n) is 17.5. The van der Waals surface area contributed by atoms with Gasteiger partial charge in [-0.15, -0.1) is 0 Å². The Bertz CT molecular complexity index is 1040. The van der Waals surface area contributed by atoms with Crippen molar-refractivity contribution in [2.45, 2.75) is 179 Å². The van der Waals surface area contributed by atoms with Crippen molar-refractivity contribution < 1.29 is 13.0 Å². The molecule has 2 aromatic carbocycles. The second kappa shape index (κ2) is 22.2. The SMILES string of the molecule is CCCCCCCCCCCCCCCCCCc1cc(S(=O)(=O)O)c2ccc(CCCCCCCCC)cc2c1. The maximum atomic E-state index is 12.2. The van der Waals surface area contributed by atoms with Crippen molar-refractivity contribution in [1.82, 2.24) is 0 Å². The van der Waals surface area contributed by atoms with Crippen LogP contribution in [0.15, 0.2) is 35.2 Å². The summed E-state index contributed by atoms with van der Waals surface area (Å²) >= 11 is 0. The van der Waals surface area contributed by atoms with Crippen molar-refractivity contribution in [1.29, 1.82) is 0 Å². The molecule has 0 amide bonds. The normalized spacial score (nSPS) is 12.0. The van der Waals surface area contributed by atoms with Crippen molar-refractivity contribution in [3.05, 3.63) is 41.5 Å². The van der Waals surface area contributed by atoms with Gasteiger partial charge >= 0.3 is 0 Å². The van der Waals surface area contributed by atoms with Crippen molar-refractivity contribution in [3.8, 4) is 0 Å². The predicted octanol–water partition coefficient (Wildman–Crippen LogP) is 12.2. The summed E-state index contributed by atoms with van der Waals surface area (Å²) in [7, 11) is -4.26. The van der Waals surface area contributed by atoms with Gasteiger partial charge in [-0.1, -0.05) is 173 Å². The predicted molar refractivity (Wildman–Crippen MR) is 179 cm³/mol.